The summed E-state index contributed by atoms with van der Waals surface area (Å²) in [5.41, 5.74) is 3.16. The molecule has 0 amide bonds. The largest absolute Gasteiger partial charge is 0.478 e. The van der Waals surface area contributed by atoms with Gasteiger partial charge >= 0.3 is 5.97 Å². The molecule has 22 heavy (non-hydrogen) atoms. The first kappa shape index (κ1) is 14.5. The lowest BCUT2D eigenvalue weighted by Gasteiger charge is -2.05. The lowest BCUT2D eigenvalue weighted by atomic mass is 10.1. The van der Waals surface area contributed by atoms with E-state index in [1.807, 2.05) is 24.3 Å². The first-order chi connectivity index (χ1) is 10.5. The number of carboxylic acid groups (broad SMARTS) is 1. The number of carbonyl (C=O) groups is 1. The quantitative estimate of drug-likeness (QED) is 0.803. The van der Waals surface area contributed by atoms with Crippen LogP contribution in [0.1, 0.15) is 27.3 Å². The number of nitrogens with zero attached hydrogens (tertiary/aromatic N) is 3. The second-order valence-corrected chi connectivity index (χ2v) is 5.62. The van der Waals surface area contributed by atoms with Crippen molar-refractivity contribution in [2.45, 2.75) is 20.4 Å². The van der Waals surface area contributed by atoms with Gasteiger partial charge in [0.2, 0.25) is 0 Å². The van der Waals surface area contributed by atoms with Gasteiger partial charge < -0.3 is 5.11 Å². The molecule has 0 fully saturated rings. The second-order valence-electron chi connectivity index (χ2n) is 5.18. The Morgan fingerprint density at radius 1 is 1.27 bits per heavy atom. The Kier molecular flexibility index (Phi) is 3.58. The molecule has 1 aromatic carbocycles. The van der Waals surface area contributed by atoms with E-state index in [0.717, 1.165) is 5.56 Å². The number of aryl methyl sites for hydroxylation is 2. The molecule has 0 unspecified atom stereocenters. The Morgan fingerprint density at radius 3 is 2.59 bits per heavy atom. The molecule has 1 N–H and O–H groups in total. The van der Waals surface area contributed by atoms with E-state index in [1.54, 1.807) is 24.6 Å². The third-order valence-electron chi connectivity index (χ3n) is 3.48. The van der Waals surface area contributed by atoms with Crippen LogP contribution in [-0.4, -0.2) is 25.8 Å². The molecular weight excluding hydrogens is 302 g/mol. The van der Waals surface area contributed by atoms with Crippen LogP contribution in [0.4, 0.5) is 0 Å². The average Bonchev–Trinajstić information content (AvgIpc) is 2.77. The number of aromatic carboxylic acids is 1. The summed E-state index contributed by atoms with van der Waals surface area (Å²) < 4.78 is 1.73. The van der Waals surface area contributed by atoms with Gasteiger partial charge in [-0.25, -0.2) is 14.5 Å². The molecule has 0 radical (unpaired) electrons. The molecule has 0 aliphatic heterocycles. The molecule has 0 saturated heterocycles. The van der Waals surface area contributed by atoms with Crippen molar-refractivity contribution in [3.63, 3.8) is 0 Å². The van der Waals surface area contributed by atoms with Crippen molar-refractivity contribution in [1.82, 2.24) is 14.8 Å². The second kappa shape index (κ2) is 5.42. The number of rotatable bonds is 3. The summed E-state index contributed by atoms with van der Waals surface area (Å²) in [7, 11) is 0. The molecule has 0 bridgehead atoms. The molecule has 0 aliphatic rings. The van der Waals surface area contributed by atoms with Gasteiger partial charge in [-0.05, 0) is 37.6 Å². The zero-order valence-electron chi connectivity index (χ0n) is 12.2. The van der Waals surface area contributed by atoms with E-state index in [1.165, 1.54) is 0 Å². The topological polar surface area (TPSA) is 68.0 Å². The minimum Gasteiger partial charge on any atom is -0.478 e. The highest BCUT2D eigenvalue weighted by atomic mass is 35.5. The molecule has 6 heteroatoms. The van der Waals surface area contributed by atoms with E-state index >= 15 is 0 Å². The Balaban J connectivity index is 2.15. The third-order valence-corrected chi connectivity index (χ3v) is 3.73. The Bertz CT molecular complexity index is 869. The third kappa shape index (κ3) is 2.55. The molecule has 2 heterocycles. The molecule has 5 nitrogen and oxygen atoms in total. The molecular formula is C16H14ClN3O2. The fourth-order valence-electron chi connectivity index (χ4n) is 2.52. The SMILES string of the molecule is Cc1cc(C(=O)O)c2c(C)nn(Cc3ccc(Cl)cc3)c2n1. The van der Waals surface area contributed by atoms with Crippen LogP contribution in [0, 0.1) is 13.8 Å². The maximum absolute atomic E-state index is 11.4. The number of aromatic nitrogens is 3. The van der Waals surface area contributed by atoms with Gasteiger partial charge in [-0.15, -0.1) is 0 Å². The van der Waals surface area contributed by atoms with Gasteiger partial charge in [0, 0.05) is 10.7 Å². The number of hydrogen-bond acceptors (Lipinski definition) is 3. The van der Waals surface area contributed by atoms with E-state index < -0.39 is 5.97 Å². The van der Waals surface area contributed by atoms with Gasteiger partial charge in [0.15, 0.2) is 5.65 Å². The van der Waals surface area contributed by atoms with E-state index in [4.69, 9.17) is 11.6 Å². The van der Waals surface area contributed by atoms with Crippen molar-refractivity contribution in [3.8, 4) is 0 Å². The zero-order valence-corrected chi connectivity index (χ0v) is 12.9. The number of halogens is 1. The Morgan fingerprint density at radius 2 is 1.95 bits per heavy atom. The highest BCUT2D eigenvalue weighted by molar-refractivity contribution is 6.30. The summed E-state index contributed by atoms with van der Waals surface area (Å²) in [5, 5.41) is 15.1. The van der Waals surface area contributed by atoms with Crippen LogP contribution in [-0.2, 0) is 6.54 Å². The minimum atomic E-state index is -0.968. The van der Waals surface area contributed by atoms with Crippen molar-refractivity contribution in [1.29, 1.82) is 0 Å². The van der Waals surface area contributed by atoms with Gasteiger partial charge in [0.1, 0.15) is 0 Å². The molecule has 3 aromatic rings. The first-order valence-electron chi connectivity index (χ1n) is 6.78. The van der Waals surface area contributed by atoms with Crippen molar-refractivity contribution in [3.05, 3.63) is 57.9 Å². The summed E-state index contributed by atoms with van der Waals surface area (Å²) in [4.78, 5) is 15.9. The maximum Gasteiger partial charge on any atom is 0.336 e. The summed E-state index contributed by atoms with van der Waals surface area (Å²) in [6.45, 7) is 4.09. The van der Waals surface area contributed by atoms with Crippen molar-refractivity contribution in [2.75, 3.05) is 0 Å². The summed E-state index contributed by atoms with van der Waals surface area (Å²) >= 11 is 5.89. The molecule has 0 atom stereocenters. The molecule has 0 saturated carbocycles. The van der Waals surface area contributed by atoms with Gasteiger partial charge in [-0.3, -0.25) is 0 Å². The van der Waals surface area contributed by atoms with Crippen LogP contribution >= 0.6 is 11.6 Å². The highest BCUT2D eigenvalue weighted by Crippen LogP contribution is 2.23. The Hall–Kier alpha value is -2.40. The van der Waals surface area contributed by atoms with E-state index in [9.17, 15) is 9.90 Å². The predicted octanol–water partition coefficient (Wildman–Crippen LogP) is 3.45. The predicted molar refractivity (Wildman–Crippen MR) is 84.5 cm³/mol. The van der Waals surface area contributed by atoms with E-state index in [2.05, 4.69) is 10.1 Å². The van der Waals surface area contributed by atoms with Gasteiger partial charge in [0.25, 0.3) is 0 Å². The molecule has 112 valence electrons. The maximum atomic E-state index is 11.4. The smallest absolute Gasteiger partial charge is 0.336 e. The van der Waals surface area contributed by atoms with Crippen molar-refractivity contribution in [2.24, 2.45) is 0 Å². The van der Waals surface area contributed by atoms with Gasteiger partial charge in [0.05, 0.1) is 23.2 Å². The van der Waals surface area contributed by atoms with Crippen molar-refractivity contribution < 1.29 is 9.90 Å². The molecule has 0 aliphatic carbocycles. The highest BCUT2D eigenvalue weighted by Gasteiger charge is 2.18. The number of pyridine rings is 1. The molecule has 2 aromatic heterocycles. The fraction of sp³-hybridized carbons (Fsp3) is 0.188. The summed E-state index contributed by atoms with van der Waals surface area (Å²) in [5.74, 6) is -0.968. The zero-order chi connectivity index (χ0) is 15.9. The van der Waals surface area contributed by atoms with Crippen LogP contribution in [0.5, 0.6) is 0 Å². The number of hydrogen-bond donors (Lipinski definition) is 1. The molecule has 3 rings (SSSR count). The van der Waals surface area contributed by atoms with Crippen LogP contribution < -0.4 is 0 Å². The Labute approximate surface area is 132 Å². The summed E-state index contributed by atoms with van der Waals surface area (Å²) in [6.07, 6.45) is 0. The van der Waals surface area contributed by atoms with Crippen LogP contribution in [0.3, 0.4) is 0 Å². The van der Waals surface area contributed by atoms with Crippen LogP contribution in [0.25, 0.3) is 11.0 Å². The first-order valence-corrected chi connectivity index (χ1v) is 7.16. The normalized spacial score (nSPS) is 11.0. The lowest BCUT2D eigenvalue weighted by molar-refractivity contribution is 0.0698. The van der Waals surface area contributed by atoms with E-state index in [-0.39, 0.29) is 5.56 Å². The lowest BCUT2D eigenvalue weighted by Crippen LogP contribution is -2.05. The number of fused-ring (bicyclic) bond motifs is 1. The van der Waals surface area contributed by atoms with E-state index in [0.29, 0.717) is 34.0 Å². The summed E-state index contributed by atoms with van der Waals surface area (Å²) in [6, 6.07) is 9.04. The minimum absolute atomic E-state index is 0.238. The number of carboxylic acids is 1. The van der Waals surface area contributed by atoms with Gasteiger partial charge in [-0.1, -0.05) is 23.7 Å². The number of benzene rings is 1. The average molecular weight is 316 g/mol. The molecule has 0 spiro atoms. The van der Waals surface area contributed by atoms with Crippen LogP contribution in [0.15, 0.2) is 30.3 Å². The van der Waals surface area contributed by atoms with Crippen molar-refractivity contribution >= 4 is 28.6 Å². The van der Waals surface area contributed by atoms with Gasteiger partial charge in [-0.2, -0.15) is 5.10 Å². The fourth-order valence-corrected chi connectivity index (χ4v) is 2.65. The van der Waals surface area contributed by atoms with Crippen LogP contribution in [0.2, 0.25) is 5.02 Å². The standard InChI is InChI=1S/C16H14ClN3O2/c1-9-7-13(16(21)22)14-10(2)19-20(15(14)18-9)8-11-3-5-12(17)6-4-11/h3-7H,8H2,1-2H3,(H,21,22). The monoisotopic (exact) mass is 315 g/mol.